The largest absolute Gasteiger partial charge is 0.496 e. The molecule has 1 aromatic heterocycles. The van der Waals surface area contributed by atoms with Crippen molar-refractivity contribution in [1.29, 1.82) is 0 Å². The van der Waals surface area contributed by atoms with Gasteiger partial charge in [-0.05, 0) is 18.2 Å². The topological polar surface area (TPSA) is 75.0 Å². The molecule has 0 spiro atoms. The Kier molecular flexibility index (Phi) is 4.65. The number of ether oxygens (including phenoxy) is 1. The molecule has 0 unspecified atom stereocenters. The Morgan fingerprint density at radius 3 is 2.55 bits per heavy atom. The van der Waals surface area contributed by atoms with Crippen molar-refractivity contribution >= 4 is 11.8 Å². The van der Waals surface area contributed by atoms with Crippen LogP contribution in [-0.4, -0.2) is 17.1 Å². The predicted molar refractivity (Wildman–Crippen MR) is 75.2 cm³/mol. The minimum Gasteiger partial charge on any atom is -0.496 e. The first kappa shape index (κ1) is 16.2. The minimum atomic E-state index is -4.44. The molecule has 22 heavy (non-hydrogen) atoms. The van der Waals surface area contributed by atoms with Crippen molar-refractivity contribution in [2.75, 3.05) is 7.11 Å². The van der Waals surface area contributed by atoms with E-state index >= 15 is 0 Å². The molecule has 0 saturated heterocycles. The van der Waals surface area contributed by atoms with Crippen LogP contribution in [0.1, 0.15) is 11.3 Å². The molecule has 118 valence electrons. The number of aromatic amines is 2. The maximum Gasteiger partial charge on any atom is 0.416 e. The molecule has 0 radical (unpaired) electrons. The summed E-state index contributed by atoms with van der Waals surface area (Å²) >= 11 is 1.17. The van der Waals surface area contributed by atoms with Crippen molar-refractivity contribution < 1.29 is 17.9 Å². The molecule has 2 aromatic rings. The van der Waals surface area contributed by atoms with Gasteiger partial charge in [-0.2, -0.15) is 13.2 Å². The number of aromatic nitrogens is 2. The Hall–Kier alpha value is -2.16. The lowest BCUT2D eigenvalue weighted by molar-refractivity contribution is -0.137. The van der Waals surface area contributed by atoms with Gasteiger partial charge in [-0.3, -0.25) is 9.59 Å². The maximum atomic E-state index is 12.6. The van der Waals surface area contributed by atoms with Crippen LogP contribution in [0.5, 0.6) is 5.75 Å². The summed E-state index contributed by atoms with van der Waals surface area (Å²) in [4.78, 5) is 27.3. The molecule has 0 atom stereocenters. The van der Waals surface area contributed by atoms with Gasteiger partial charge in [0.15, 0.2) is 0 Å². The van der Waals surface area contributed by atoms with Crippen LogP contribution in [0.25, 0.3) is 0 Å². The highest BCUT2D eigenvalue weighted by molar-refractivity contribution is 7.98. The van der Waals surface area contributed by atoms with Crippen LogP contribution in [0.4, 0.5) is 13.2 Å². The van der Waals surface area contributed by atoms with E-state index < -0.39 is 22.9 Å². The van der Waals surface area contributed by atoms with E-state index in [-0.39, 0.29) is 11.5 Å². The first-order chi connectivity index (χ1) is 10.3. The summed E-state index contributed by atoms with van der Waals surface area (Å²) < 4.78 is 42.9. The number of hydrogen-bond donors (Lipinski definition) is 2. The van der Waals surface area contributed by atoms with Gasteiger partial charge in [0.25, 0.3) is 0 Å². The zero-order valence-electron chi connectivity index (χ0n) is 11.3. The number of benzene rings is 1. The van der Waals surface area contributed by atoms with Crippen molar-refractivity contribution in [1.82, 2.24) is 9.97 Å². The molecule has 0 saturated carbocycles. The van der Waals surface area contributed by atoms with E-state index in [4.69, 9.17) is 4.74 Å². The third-order valence-corrected chi connectivity index (χ3v) is 3.84. The van der Waals surface area contributed by atoms with Crippen LogP contribution in [0, 0.1) is 0 Å². The SMILES string of the molecule is COc1cc(C(F)(F)F)ccc1SCc1c[nH]c(=O)c(=O)[nH]1. The lowest BCUT2D eigenvalue weighted by atomic mass is 10.2. The summed E-state index contributed by atoms with van der Waals surface area (Å²) in [5, 5.41) is 0. The Bertz CT molecular complexity index is 783. The minimum absolute atomic E-state index is 0.0894. The van der Waals surface area contributed by atoms with E-state index in [1.807, 2.05) is 0 Å². The molecular weight excluding hydrogens is 321 g/mol. The molecule has 1 heterocycles. The first-order valence-electron chi connectivity index (χ1n) is 6.00. The van der Waals surface area contributed by atoms with E-state index in [0.29, 0.717) is 10.6 Å². The van der Waals surface area contributed by atoms with Gasteiger partial charge < -0.3 is 14.7 Å². The van der Waals surface area contributed by atoms with E-state index in [1.165, 1.54) is 31.1 Å². The summed E-state index contributed by atoms with van der Waals surface area (Å²) in [7, 11) is 1.28. The van der Waals surface area contributed by atoms with Crippen LogP contribution in [0.3, 0.4) is 0 Å². The Balaban J connectivity index is 2.20. The number of H-pyrrole nitrogens is 2. The lowest BCUT2D eigenvalue weighted by Crippen LogP contribution is -2.29. The van der Waals surface area contributed by atoms with Crippen molar-refractivity contribution in [3.8, 4) is 5.75 Å². The highest BCUT2D eigenvalue weighted by Crippen LogP contribution is 2.37. The second kappa shape index (κ2) is 6.30. The van der Waals surface area contributed by atoms with Gasteiger partial charge in [0.05, 0.1) is 12.7 Å². The molecule has 0 aliphatic heterocycles. The summed E-state index contributed by atoms with van der Waals surface area (Å²) in [5.74, 6) is 0.347. The van der Waals surface area contributed by atoms with Crippen molar-refractivity contribution in [2.45, 2.75) is 16.8 Å². The highest BCUT2D eigenvalue weighted by atomic mass is 32.2. The summed E-state index contributed by atoms with van der Waals surface area (Å²) in [6, 6.07) is 3.18. The van der Waals surface area contributed by atoms with Gasteiger partial charge in [-0.25, -0.2) is 0 Å². The van der Waals surface area contributed by atoms with Gasteiger partial charge in [-0.1, -0.05) is 0 Å². The molecule has 0 fully saturated rings. The van der Waals surface area contributed by atoms with Crippen molar-refractivity contribution in [2.24, 2.45) is 0 Å². The zero-order valence-corrected chi connectivity index (χ0v) is 12.1. The molecule has 0 amide bonds. The number of hydrogen-bond acceptors (Lipinski definition) is 4. The van der Waals surface area contributed by atoms with Gasteiger partial charge in [0.2, 0.25) is 0 Å². The van der Waals surface area contributed by atoms with Crippen molar-refractivity contribution in [3.05, 3.63) is 56.4 Å². The molecular formula is C13H11F3N2O3S. The molecule has 0 bridgehead atoms. The van der Waals surface area contributed by atoms with Crippen molar-refractivity contribution in [3.63, 3.8) is 0 Å². The fraction of sp³-hybridized carbons (Fsp3) is 0.231. The second-order valence-electron chi connectivity index (χ2n) is 4.25. The number of methoxy groups -OCH3 is 1. The molecule has 0 aliphatic carbocycles. The third kappa shape index (κ3) is 3.73. The number of alkyl halides is 3. The molecule has 5 nitrogen and oxygen atoms in total. The average Bonchev–Trinajstić information content (AvgIpc) is 2.47. The van der Waals surface area contributed by atoms with Crippen LogP contribution < -0.4 is 15.9 Å². The number of halogens is 3. The van der Waals surface area contributed by atoms with Crippen LogP contribution in [-0.2, 0) is 11.9 Å². The molecule has 0 aliphatic rings. The Morgan fingerprint density at radius 2 is 1.95 bits per heavy atom. The highest BCUT2D eigenvalue weighted by Gasteiger charge is 2.31. The molecule has 2 rings (SSSR count). The second-order valence-corrected chi connectivity index (χ2v) is 5.27. The average molecular weight is 332 g/mol. The van der Waals surface area contributed by atoms with Gasteiger partial charge in [-0.15, -0.1) is 11.8 Å². The molecule has 1 aromatic carbocycles. The Morgan fingerprint density at radius 1 is 1.23 bits per heavy atom. The molecule has 2 N–H and O–H groups in total. The standard InChI is InChI=1S/C13H11F3N2O3S/c1-21-9-4-7(13(14,15)16)2-3-10(9)22-6-8-5-17-11(19)12(20)18-8/h2-5H,6H2,1H3,(H,17,19)(H,18,20). The fourth-order valence-corrected chi connectivity index (χ4v) is 2.57. The fourth-order valence-electron chi connectivity index (χ4n) is 1.65. The zero-order chi connectivity index (χ0) is 16.3. The number of thioether (sulfide) groups is 1. The van der Waals surface area contributed by atoms with Gasteiger partial charge in [0.1, 0.15) is 5.75 Å². The Labute approximate surface area is 126 Å². The van der Waals surface area contributed by atoms with E-state index in [9.17, 15) is 22.8 Å². The van der Waals surface area contributed by atoms with Gasteiger partial charge in [0, 0.05) is 22.5 Å². The smallest absolute Gasteiger partial charge is 0.416 e. The normalized spacial score (nSPS) is 11.5. The lowest BCUT2D eigenvalue weighted by Gasteiger charge is -2.12. The van der Waals surface area contributed by atoms with Crippen LogP contribution in [0.2, 0.25) is 0 Å². The van der Waals surface area contributed by atoms with E-state index in [1.54, 1.807) is 0 Å². The molecule has 9 heteroatoms. The maximum absolute atomic E-state index is 12.6. The van der Waals surface area contributed by atoms with Gasteiger partial charge >= 0.3 is 17.3 Å². The number of rotatable bonds is 4. The van der Waals surface area contributed by atoms with E-state index in [0.717, 1.165) is 12.1 Å². The number of nitrogens with one attached hydrogen (secondary N) is 2. The van der Waals surface area contributed by atoms with Crippen LogP contribution >= 0.6 is 11.8 Å². The van der Waals surface area contributed by atoms with Crippen LogP contribution in [0.15, 0.2) is 38.9 Å². The summed E-state index contributed by atoms with van der Waals surface area (Å²) in [5.41, 5.74) is -1.90. The summed E-state index contributed by atoms with van der Waals surface area (Å²) in [6.45, 7) is 0. The first-order valence-corrected chi connectivity index (χ1v) is 6.98. The monoisotopic (exact) mass is 332 g/mol. The third-order valence-electron chi connectivity index (χ3n) is 2.73. The predicted octanol–water partition coefficient (Wildman–Crippen LogP) is 2.38. The quantitative estimate of drug-likeness (QED) is 0.666. The summed E-state index contributed by atoms with van der Waals surface area (Å²) in [6.07, 6.45) is -3.10. The van der Waals surface area contributed by atoms with E-state index in [2.05, 4.69) is 9.97 Å².